The lowest BCUT2D eigenvalue weighted by molar-refractivity contribution is -0.132. The van der Waals surface area contributed by atoms with Gasteiger partial charge in [0.2, 0.25) is 0 Å². The van der Waals surface area contributed by atoms with Gasteiger partial charge in [-0.3, -0.25) is 0 Å². The fraction of sp³-hybridized carbons (Fsp3) is 1.00. The molecule has 0 unspecified atom stereocenters. The largest absolute Gasteiger partial charge is 0.373 e. The van der Waals surface area contributed by atoms with Gasteiger partial charge in [-0.25, -0.2) is 0 Å². The van der Waals surface area contributed by atoms with Gasteiger partial charge >= 0.3 is 0 Å². The average molecular weight is 372 g/mol. The second-order valence-corrected chi connectivity index (χ2v) is 10.8. The molecular weight excluding hydrogens is 322 g/mol. The Hall–Kier alpha value is -0.120. The van der Waals surface area contributed by atoms with Crippen molar-refractivity contribution in [3.05, 3.63) is 0 Å². The number of nitrogens with two attached hydrogens (primary N) is 1. The monoisotopic (exact) mass is 371 g/mol. The van der Waals surface area contributed by atoms with Gasteiger partial charge in [-0.1, -0.05) is 54.4 Å². The normalized spacial score (nSPS) is 15.3. The van der Waals surface area contributed by atoms with E-state index in [1.54, 1.807) is 0 Å². The molecule has 0 aliphatic heterocycles. The molecule has 3 nitrogen and oxygen atoms in total. The number of rotatable bonds is 14. The summed E-state index contributed by atoms with van der Waals surface area (Å²) in [6.07, 6.45) is 6.76. The van der Waals surface area contributed by atoms with Gasteiger partial charge in [0.05, 0.1) is 23.9 Å². The summed E-state index contributed by atoms with van der Waals surface area (Å²) in [6.45, 7) is 23.6. The average Bonchev–Trinajstić information content (AvgIpc) is 2.55. The summed E-state index contributed by atoms with van der Waals surface area (Å²) in [7, 11) is 0. The van der Waals surface area contributed by atoms with Gasteiger partial charge in [0.15, 0.2) is 0 Å². The van der Waals surface area contributed by atoms with Crippen molar-refractivity contribution in [2.75, 3.05) is 13.2 Å². The van der Waals surface area contributed by atoms with E-state index in [4.69, 9.17) is 15.2 Å². The Morgan fingerprint density at radius 1 is 0.692 bits per heavy atom. The Labute approximate surface area is 164 Å². The van der Waals surface area contributed by atoms with E-state index in [0.29, 0.717) is 24.0 Å². The zero-order chi connectivity index (χ0) is 20.6. The van der Waals surface area contributed by atoms with E-state index in [9.17, 15) is 0 Å². The lowest BCUT2D eigenvalue weighted by Crippen LogP contribution is -2.41. The lowest BCUT2D eigenvalue weighted by Gasteiger charge is -2.36. The van der Waals surface area contributed by atoms with Crippen LogP contribution < -0.4 is 5.73 Å². The van der Waals surface area contributed by atoms with Gasteiger partial charge in [-0.2, -0.15) is 0 Å². The van der Waals surface area contributed by atoms with Gasteiger partial charge in [0.1, 0.15) is 0 Å². The maximum absolute atomic E-state index is 6.34. The predicted octanol–water partition coefficient (Wildman–Crippen LogP) is 6.34. The van der Waals surface area contributed by atoms with Crippen molar-refractivity contribution in [2.45, 2.75) is 125 Å². The van der Waals surface area contributed by atoms with E-state index in [1.165, 1.54) is 19.3 Å². The topological polar surface area (TPSA) is 44.5 Å². The highest BCUT2D eigenvalue weighted by Gasteiger charge is 2.29. The van der Waals surface area contributed by atoms with E-state index in [0.717, 1.165) is 19.3 Å². The zero-order valence-electron chi connectivity index (χ0n) is 19.6. The number of ether oxygens (including phenoxy) is 2. The molecule has 1 atom stereocenters. The first-order chi connectivity index (χ1) is 11.7. The van der Waals surface area contributed by atoms with Crippen LogP contribution in [0.25, 0.3) is 0 Å². The van der Waals surface area contributed by atoms with Crippen LogP contribution in [0.4, 0.5) is 0 Å². The highest BCUT2D eigenvalue weighted by Crippen LogP contribution is 2.32. The van der Waals surface area contributed by atoms with Gasteiger partial charge in [-0.15, -0.1) is 0 Å². The van der Waals surface area contributed by atoms with Gasteiger partial charge in [-0.05, 0) is 64.2 Å². The summed E-state index contributed by atoms with van der Waals surface area (Å²) >= 11 is 0. The molecule has 0 saturated heterocycles. The maximum Gasteiger partial charge on any atom is 0.0937 e. The Morgan fingerprint density at radius 3 is 1.50 bits per heavy atom. The molecule has 158 valence electrons. The highest BCUT2D eigenvalue weighted by molar-refractivity contribution is 4.79. The summed E-state index contributed by atoms with van der Waals surface area (Å²) in [5, 5.41) is 0. The highest BCUT2D eigenvalue weighted by atomic mass is 16.6. The van der Waals surface area contributed by atoms with Crippen LogP contribution >= 0.6 is 0 Å². The minimum Gasteiger partial charge on any atom is -0.373 e. The van der Waals surface area contributed by atoms with E-state index in [1.807, 2.05) is 0 Å². The smallest absolute Gasteiger partial charge is 0.0937 e. The molecule has 3 heteroatoms. The van der Waals surface area contributed by atoms with Crippen LogP contribution in [0, 0.1) is 10.8 Å². The third-order valence-corrected chi connectivity index (χ3v) is 6.13. The molecule has 0 aromatic rings. The summed E-state index contributed by atoms with van der Waals surface area (Å²) in [4.78, 5) is 0. The van der Waals surface area contributed by atoms with Gasteiger partial charge < -0.3 is 15.2 Å². The van der Waals surface area contributed by atoms with Crippen molar-refractivity contribution in [1.29, 1.82) is 0 Å². The standard InChI is InChI=1S/C23H49NO2/c1-11-20(3,4)13-15-22(7,8)25-18-19(17-24)26-23(9,10)16-14-21(5,6)12-2/h19H,11-18,24H2,1-10H3/t19-/m0/s1. The second-order valence-electron chi connectivity index (χ2n) is 10.8. The van der Waals surface area contributed by atoms with Crippen LogP contribution in [0.1, 0.15) is 108 Å². The number of hydrogen-bond donors (Lipinski definition) is 1. The van der Waals surface area contributed by atoms with Gasteiger partial charge in [0.25, 0.3) is 0 Å². The molecule has 0 aliphatic rings. The SMILES string of the molecule is CCC(C)(C)CCC(C)(C)OC[C@H](CN)OC(C)(C)CCC(C)(C)CC. The maximum atomic E-state index is 6.34. The first kappa shape index (κ1) is 25.9. The molecule has 0 aromatic carbocycles. The Kier molecular flexibility index (Phi) is 10.4. The summed E-state index contributed by atoms with van der Waals surface area (Å²) in [5.41, 5.74) is 6.40. The molecule has 0 aliphatic carbocycles. The van der Waals surface area contributed by atoms with Crippen LogP contribution in [0.15, 0.2) is 0 Å². The molecule has 0 fully saturated rings. The Morgan fingerprint density at radius 2 is 1.12 bits per heavy atom. The molecule has 2 N–H and O–H groups in total. The van der Waals surface area contributed by atoms with E-state index in [-0.39, 0.29) is 17.3 Å². The molecule has 0 spiro atoms. The minimum absolute atomic E-state index is 0.0480. The first-order valence-electron chi connectivity index (χ1n) is 10.7. The molecule has 0 amide bonds. The molecule has 0 aromatic heterocycles. The van der Waals surface area contributed by atoms with Crippen LogP contribution in [0.2, 0.25) is 0 Å². The van der Waals surface area contributed by atoms with E-state index >= 15 is 0 Å². The van der Waals surface area contributed by atoms with Crippen LogP contribution in [-0.2, 0) is 9.47 Å². The fourth-order valence-electron chi connectivity index (χ4n) is 2.68. The van der Waals surface area contributed by atoms with Gasteiger partial charge in [0, 0.05) is 6.54 Å². The van der Waals surface area contributed by atoms with Crippen molar-refractivity contribution >= 4 is 0 Å². The quantitative estimate of drug-likeness (QED) is 0.387. The molecule has 0 bridgehead atoms. The summed E-state index contributed by atoms with van der Waals surface area (Å²) in [5.74, 6) is 0. The summed E-state index contributed by atoms with van der Waals surface area (Å²) < 4.78 is 12.6. The Bertz CT molecular complexity index is 386. The predicted molar refractivity (Wildman–Crippen MR) is 115 cm³/mol. The Balaban J connectivity index is 4.52. The zero-order valence-corrected chi connectivity index (χ0v) is 19.6. The molecular formula is C23H49NO2. The van der Waals surface area contributed by atoms with Crippen molar-refractivity contribution in [1.82, 2.24) is 0 Å². The third kappa shape index (κ3) is 11.6. The van der Waals surface area contributed by atoms with Crippen LogP contribution in [0.5, 0.6) is 0 Å². The van der Waals surface area contributed by atoms with E-state index < -0.39 is 0 Å². The fourth-order valence-corrected chi connectivity index (χ4v) is 2.68. The van der Waals surface area contributed by atoms with Crippen molar-refractivity contribution in [2.24, 2.45) is 16.6 Å². The van der Waals surface area contributed by atoms with Crippen LogP contribution in [-0.4, -0.2) is 30.5 Å². The molecule has 0 radical (unpaired) electrons. The third-order valence-electron chi connectivity index (χ3n) is 6.13. The molecule has 0 rings (SSSR count). The molecule has 26 heavy (non-hydrogen) atoms. The molecule has 0 heterocycles. The first-order valence-corrected chi connectivity index (χ1v) is 10.7. The van der Waals surface area contributed by atoms with Crippen LogP contribution in [0.3, 0.4) is 0 Å². The van der Waals surface area contributed by atoms with Crippen molar-refractivity contribution < 1.29 is 9.47 Å². The minimum atomic E-state index is -0.172. The van der Waals surface area contributed by atoms with Crippen molar-refractivity contribution in [3.63, 3.8) is 0 Å². The van der Waals surface area contributed by atoms with E-state index in [2.05, 4.69) is 69.2 Å². The van der Waals surface area contributed by atoms with Crippen molar-refractivity contribution in [3.8, 4) is 0 Å². The second kappa shape index (κ2) is 10.4. The summed E-state index contributed by atoms with van der Waals surface area (Å²) in [6, 6.07) is 0. The molecule has 0 saturated carbocycles. The number of hydrogen-bond acceptors (Lipinski definition) is 3. The lowest BCUT2D eigenvalue weighted by atomic mass is 9.82.